The van der Waals surface area contributed by atoms with Gasteiger partial charge < -0.3 is 4.74 Å². The molecule has 0 radical (unpaired) electrons. The summed E-state index contributed by atoms with van der Waals surface area (Å²) < 4.78 is 7.97. The number of aromatic nitrogens is 2. The molecule has 0 fully saturated rings. The highest BCUT2D eigenvalue weighted by Crippen LogP contribution is 2.05. The molecule has 0 saturated carbocycles. The van der Waals surface area contributed by atoms with E-state index in [9.17, 15) is 14.4 Å². The van der Waals surface area contributed by atoms with Crippen molar-refractivity contribution in [2.45, 2.75) is 53.0 Å². The Kier molecular flexibility index (Phi) is 7.58. The molecule has 0 spiro atoms. The molecule has 0 bridgehead atoms. The van der Waals surface area contributed by atoms with Crippen molar-refractivity contribution < 1.29 is 9.53 Å². The first-order valence-electron chi connectivity index (χ1n) is 9.47. The zero-order valence-corrected chi connectivity index (χ0v) is 16.3. The number of nitrogens with zero attached hydrogens (tertiary/aromatic N) is 2. The van der Waals surface area contributed by atoms with Gasteiger partial charge in [-0.25, -0.2) is 9.36 Å². The van der Waals surface area contributed by atoms with E-state index in [1.807, 2.05) is 19.9 Å². The predicted molar refractivity (Wildman–Crippen MR) is 105 cm³/mol. The van der Waals surface area contributed by atoms with E-state index >= 15 is 0 Å². The normalized spacial score (nSPS) is 11.0. The Bertz CT molecular complexity index is 866. The number of para-hydroxylation sites is 1. The third-order valence-corrected chi connectivity index (χ3v) is 4.35. The van der Waals surface area contributed by atoms with E-state index < -0.39 is 0 Å². The third-order valence-electron chi connectivity index (χ3n) is 4.35. The Morgan fingerprint density at radius 1 is 1.04 bits per heavy atom. The molecule has 0 unspecified atom stereocenters. The molecule has 2 aromatic rings. The molecule has 0 aliphatic heterocycles. The fourth-order valence-corrected chi connectivity index (χ4v) is 2.78. The van der Waals surface area contributed by atoms with Crippen molar-refractivity contribution >= 4 is 5.97 Å². The zero-order valence-electron chi connectivity index (χ0n) is 16.3. The van der Waals surface area contributed by atoms with E-state index in [1.54, 1.807) is 42.0 Å². The molecule has 27 heavy (non-hydrogen) atoms. The summed E-state index contributed by atoms with van der Waals surface area (Å²) >= 11 is 0. The van der Waals surface area contributed by atoms with Gasteiger partial charge in [-0.3, -0.25) is 14.2 Å². The van der Waals surface area contributed by atoms with Crippen LogP contribution in [0.3, 0.4) is 0 Å². The lowest BCUT2D eigenvalue weighted by atomic mass is 10.2. The molecular formula is C21H28N2O4. The van der Waals surface area contributed by atoms with Crippen molar-refractivity contribution in [1.29, 1.82) is 0 Å². The number of aryl methyl sites for hydroxylation is 2. The topological polar surface area (TPSA) is 70.3 Å². The summed E-state index contributed by atoms with van der Waals surface area (Å²) in [5.41, 5.74) is 0.521. The van der Waals surface area contributed by atoms with Crippen LogP contribution in [0.1, 0.15) is 45.1 Å². The number of carbonyl (C=O) groups excluding carboxylic acids is 1. The summed E-state index contributed by atoms with van der Waals surface area (Å²) in [6.07, 6.45) is 5.13. The summed E-state index contributed by atoms with van der Waals surface area (Å²) in [5.74, 6) is -0.263. The second kappa shape index (κ2) is 9.90. The van der Waals surface area contributed by atoms with Gasteiger partial charge in [0.2, 0.25) is 0 Å². The van der Waals surface area contributed by atoms with E-state index in [-0.39, 0.29) is 23.1 Å². The first-order chi connectivity index (χ1) is 12.9. The third kappa shape index (κ3) is 5.67. The van der Waals surface area contributed by atoms with Crippen molar-refractivity contribution in [3.8, 4) is 5.69 Å². The van der Waals surface area contributed by atoms with Crippen LogP contribution >= 0.6 is 0 Å². The van der Waals surface area contributed by atoms with Crippen LogP contribution in [0.4, 0.5) is 0 Å². The molecule has 0 aliphatic carbocycles. The Morgan fingerprint density at radius 3 is 2.37 bits per heavy atom. The van der Waals surface area contributed by atoms with E-state index in [0.29, 0.717) is 24.4 Å². The highest BCUT2D eigenvalue weighted by Gasteiger charge is 2.10. The quantitative estimate of drug-likeness (QED) is 0.501. The largest absolute Gasteiger partial charge is 0.465 e. The summed E-state index contributed by atoms with van der Waals surface area (Å²) in [4.78, 5) is 36.5. The van der Waals surface area contributed by atoms with Gasteiger partial charge in [-0.15, -0.1) is 0 Å². The van der Waals surface area contributed by atoms with Crippen molar-refractivity contribution in [2.75, 3.05) is 6.61 Å². The highest BCUT2D eigenvalue weighted by molar-refractivity contribution is 5.71. The SMILES string of the molecule is Cc1cn(CCCCCCOC(=O)C(C)C)c(=O)n(-c2ccccc2)c1=O. The van der Waals surface area contributed by atoms with Gasteiger partial charge in [0.25, 0.3) is 5.56 Å². The lowest BCUT2D eigenvalue weighted by Crippen LogP contribution is -2.39. The minimum absolute atomic E-state index is 0.0968. The minimum atomic E-state index is -0.317. The molecule has 1 aromatic heterocycles. The number of carbonyl (C=O) groups is 1. The number of unbranched alkanes of at least 4 members (excludes halogenated alkanes) is 3. The molecule has 0 atom stereocenters. The molecule has 0 aliphatic rings. The number of hydrogen-bond donors (Lipinski definition) is 0. The standard InChI is InChI=1S/C21H28N2O4/c1-16(2)20(25)27-14-10-5-4-9-13-22-15-17(3)19(24)23(21(22)26)18-11-7-6-8-12-18/h6-8,11-12,15-16H,4-5,9-10,13-14H2,1-3H3. The first kappa shape index (κ1) is 20.7. The lowest BCUT2D eigenvalue weighted by molar-refractivity contribution is -0.147. The number of hydrogen-bond acceptors (Lipinski definition) is 4. The van der Waals surface area contributed by atoms with Crippen LogP contribution in [-0.4, -0.2) is 21.7 Å². The smallest absolute Gasteiger partial charge is 0.335 e. The molecule has 1 heterocycles. The molecular weight excluding hydrogens is 344 g/mol. The predicted octanol–water partition coefficient (Wildman–Crippen LogP) is 3.07. The van der Waals surface area contributed by atoms with Crippen molar-refractivity contribution in [2.24, 2.45) is 5.92 Å². The summed E-state index contributed by atoms with van der Waals surface area (Å²) in [6, 6.07) is 8.97. The monoisotopic (exact) mass is 372 g/mol. The summed E-state index contributed by atoms with van der Waals surface area (Å²) in [7, 11) is 0. The number of ether oxygens (including phenoxy) is 1. The van der Waals surface area contributed by atoms with E-state index in [2.05, 4.69) is 0 Å². The van der Waals surface area contributed by atoms with Crippen LogP contribution in [0.15, 0.2) is 46.1 Å². The van der Waals surface area contributed by atoms with E-state index in [4.69, 9.17) is 4.74 Å². The Labute approximate surface area is 159 Å². The van der Waals surface area contributed by atoms with E-state index in [0.717, 1.165) is 25.7 Å². The average molecular weight is 372 g/mol. The molecule has 2 rings (SSSR count). The molecule has 0 saturated heterocycles. The van der Waals surface area contributed by atoms with Crippen LogP contribution in [0, 0.1) is 12.8 Å². The molecule has 146 valence electrons. The Balaban J connectivity index is 1.92. The molecule has 6 nitrogen and oxygen atoms in total. The minimum Gasteiger partial charge on any atom is -0.465 e. The van der Waals surface area contributed by atoms with Crippen molar-refractivity contribution in [3.05, 3.63) is 62.9 Å². The fraction of sp³-hybridized carbons (Fsp3) is 0.476. The van der Waals surface area contributed by atoms with Crippen LogP contribution in [0.5, 0.6) is 0 Å². The van der Waals surface area contributed by atoms with Crippen molar-refractivity contribution in [3.63, 3.8) is 0 Å². The lowest BCUT2D eigenvalue weighted by Gasteiger charge is -2.12. The Hall–Kier alpha value is -2.63. The maximum atomic E-state index is 12.7. The van der Waals surface area contributed by atoms with Crippen molar-refractivity contribution in [1.82, 2.24) is 9.13 Å². The maximum absolute atomic E-state index is 12.7. The zero-order chi connectivity index (χ0) is 19.8. The van der Waals surface area contributed by atoms with Gasteiger partial charge in [0, 0.05) is 18.3 Å². The Morgan fingerprint density at radius 2 is 1.70 bits per heavy atom. The summed E-state index contributed by atoms with van der Waals surface area (Å²) in [5, 5.41) is 0. The first-order valence-corrected chi connectivity index (χ1v) is 9.47. The van der Waals surface area contributed by atoms with Gasteiger partial charge in [-0.05, 0) is 38.3 Å². The van der Waals surface area contributed by atoms with Crippen LogP contribution < -0.4 is 11.2 Å². The number of benzene rings is 1. The van der Waals surface area contributed by atoms with Crippen LogP contribution in [0.25, 0.3) is 5.69 Å². The van der Waals surface area contributed by atoms with Gasteiger partial charge in [-0.2, -0.15) is 0 Å². The average Bonchev–Trinajstić information content (AvgIpc) is 2.65. The molecule has 0 N–H and O–H groups in total. The molecule has 6 heteroatoms. The summed E-state index contributed by atoms with van der Waals surface area (Å²) in [6.45, 7) is 6.35. The van der Waals surface area contributed by atoms with E-state index in [1.165, 1.54) is 4.57 Å². The number of esters is 1. The van der Waals surface area contributed by atoms with Gasteiger partial charge in [0.05, 0.1) is 18.2 Å². The fourth-order valence-electron chi connectivity index (χ4n) is 2.78. The second-order valence-electron chi connectivity index (χ2n) is 7.00. The molecule has 1 aromatic carbocycles. The van der Waals surface area contributed by atoms with Gasteiger partial charge >= 0.3 is 11.7 Å². The second-order valence-corrected chi connectivity index (χ2v) is 7.00. The highest BCUT2D eigenvalue weighted by atomic mass is 16.5. The maximum Gasteiger partial charge on any atom is 0.335 e. The van der Waals surface area contributed by atoms with Gasteiger partial charge in [-0.1, -0.05) is 38.5 Å². The van der Waals surface area contributed by atoms with Crippen LogP contribution in [0.2, 0.25) is 0 Å². The van der Waals surface area contributed by atoms with Crippen LogP contribution in [-0.2, 0) is 16.1 Å². The molecule has 0 amide bonds. The van der Waals surface area contributed by atoms with Gasteiger partial charge in [0.1, 0.15) is 0 Å². The number of rotatable bonds is 9. The van der Waals surface area contributed by atoms with Gasteiger partial charge in [0.15, 0.2) is 0 Å².